The Morgan fingerprint density at radius 2 is 1.38 bits per heavy atom. The fourth-order valence-corrected chi connectivity index (χ4v) is 1.70. The van der Waals surface area contributed by atoms with E-state index < -0.39 is 31.2 Å². The van der Waals surface area contributed by atoms with Crippen LogP contribution in [0.1, 0.15) is 19.8 Å². The first kappa shape index (κ1) is 27.2. The Morgan fingerprint density at radius 1 is 1.00 bits per heavy atom. The summed E-state index contributed by atoms with van der Waals surface area (Å²) < 4.78 is 58.0. The zero-order valence-corrected chi connectivity index (χ0v) is 8.68. The summed E-state index contributed by atoms with van der Waals surface area (Å²) in [5, 5.41) is -1.01. The van der Waals surface area contributed by atoms with Gasteiger partial charge in [0, 0.05) is 0 Å². The van der Waals surface area contributed by atoms with Crippen molar-refractivity contribution in [3.05, 3.63) is 0 Å². The Labute approximate surface area is 163 Å². The van der Waals surface area contributed by atoms with Crippen molar-refractivity contribution in [2.24, 2.45) is 0 Å². The molecule has 0 aliphatic carbocycles. The van der Waals surface area contributed by atoms with Crippen molar-refractivity contribution in [1.29, 1.82) is 0 Å². The van der Waals surface area contributed by atoms with Gasteiger partial charge in [0.15, 0.2) is 0 Å². The van der Waals surface area contributed by atoms with Crippen LogP contribution in [0.15, 0.2) is 0 Å². The second-order valence-electron chi connectivity index (χ2n) is 2.75. The molecule has 2 N–H and O–H groups in total. The van der Waals surface area contributed by atoms with Gasteiger partial charge in [-0.05, 0) is 19.8 Å². The Hall–Kier alpha value is 2.82. The van der Waals surface area contributed by atoms with Crippen LogP contribution in [0.5, 0.6) is 0 Å². The maximum atomic E-state index is 10.4. The van der Waals surface area contributed by atoms with E-state index in [0.717, 1.165) is 0 Å². The van der Waals surface area contributed by atoms with E-state index in [4.69, 9.17) is 9.11 Å². The van der Waals surface area contributed by atoms with Crippen molar-refractivity contribution in [2.75, 3.05) is 5.75 Å². The molecule has 0 aromatic rings. The monoisotopic (exact) mass is 304 g/mol. The zero-order chi connectivity index (χ0) is 10.7. The molecule has 0 heterocycles. The molecule has 0 aromatic carbocycles. The van der Waals surface area contributed by atoms with Crippen molar-refractivity contribution in [3.63, 3.8) is 0 Å². The normalized spacial score (nSPS) is 12.7. The van der Waals surface area contributed by atoms with Crippen molar-refractivity contribution >= 4 is 109 Å². The van der Waals surface area contributed by atoms with Gasteiger partial charge in [0.05, 0.1) is 11.0 Å². The fourth-order valence-electron chi connectivity index (χ4n) is 0.702. The summed E-state index contributed by atoms with van der Waals surface area (Å²) in [6.07, 6.45) is -0.00157. The first-order valence-electron chi connectivity index (χ1n) is 3.54. The van der Waals surface area contributed by atoms with E-state index in [9.17, 15) is 16.8 Å². The Balaban J connectivity index is -0.000000240. The summed E-state index contributed by atoms with van der Waals surface area (Å²) in [7, 11) is -8.14. The third kappa shape index (κ3) is 16.8. The fraction of sp³-hybridized carbons (Fsp3) is 1.00. The van der Waals surface area contributed by atoms with Crippen molar-refractivity contribution in [3.8, 4) is 0 Å². The van der Waals surface area contributed by atoms with Crippen molar-refractivity contribution < 1.29 is 25.9 Å². The zero-order valence-electron chi connectivity index (χ0n) is 7.04. The van der Waals surface area contributed by atoms with Gasteiger partial charge in [-0.15, -0.1) is 0 Å². The third-order valence-electron chi connectivity index (χ3n) is 1.52. The van der Waals surface area contributed by atoms with Crippen LogP contribution in [0.3, 0.4) is 0 Å². The Morgan fingerprint density at radius 3 is 1.62 bits per heavy atom. The average molecular weight is 304 g/mol. The van der Waals surface area contributed by atoms with E-state index in [1.54, 1.807) is 0 Å². The molecule has 0 aliphatic heterocycles. The molecule has 0 radical (unpaired) electrons. The van der Waals surface area contributed by atoms with Crippen LogP contribution in [0.2, 0.25) is 0 Å². The average Bonchev–Trinajstić information content (AvgIpc) is 1.82. The molecule has 0 aliphatic rings. The topological polar surface area (TPSA) is 109 Å². The molecular formula is C5H15Na3O6S2. The minimum absolute atomic E-state index is 0. The molecular weight excluding hydrogens is 289 g/mol. The van der Waals surface area contributed by atoms with Gasteiger partial charge in [0.1, 0.15) is 0 Å². The standard InChI is InChI=1S/C5H12O6S2.3Na.3H/c1-5(13(9,10)11)3-2-4-12(6,7)8;;;;;;/h5H,2-4H2,1H3,(H,6,7,8)(H,9,10,11);;;;;;. The van der Waals surface area contributed by atoms with Crippen LogP contribution < -0.4 is 0 Å². The van der Waals surface area contributed by atoms with Crippen LogP contribution in [0.25, 0.3) is 0 Å². The molecule has 11 heteroatoms. The first-order valence-corrected chi connectivity index (χ1v) is 6.65. The van der Waals surface area contributed by atoms with Crippen LogP contribution in [0, 0.1) is 0 Å². The molecule has 0 aromatic heterocycles. The van der Waals surface area contributed by atoms with Crippen LogP contribution in [0.4, 0.5) is 0 Å². The molecule has 0 saturated heterocycles. The van der Waals surface area contributed by atoms with Gasteiger partial charge in [0.2, 0.25) is 0 Å². The predicted octanol–water partition coefficient (Wildman–Crippen LogP) is -2.01. The maximum absolute atomic E-state index is 10.4. The molecule has 0 bridgehead atoms. The second-order valence-corrected chi connectivity index (χ2v) is 6.16. The molecule has 1 unspecified atom stereocenters. The molecule has 0 amide bonds. The van der Waals surface area contributed by atoms with Gasteiger partial charge in [-0.1, -0.05) is 0 Å². The summed E-state index contributed by atoms with van der Waals surface area (Å²) >= 11 is 0. The van der Waals surface area contributed by atoms with Gasteiger partial charge >= 0.3 is 88.7 Å². The SMILES string of the molecule is CC(CCCS(=O)(=O)O)S(=O)(=O)O.[NaH].[NaH].[NaH]. The quantitative estimate of drug-likeness (QED) is 0.448. The van der Waals surface area contributed by atoms with E-state index in [2.05, 4.69) is 0 Å². The molecule has 6 nitrogen and oxygen atoms in total. The van der Waals surface area contributed by atoms with E-state index >= 15 is 0 Å². The molecule has 16 heavy (non-hydrogen) atoms. The molecule has 0 spiro atoms. The third-order valence-corrected chi connectivity index (χ3v) is 3.58. The van der Waals surface area contributed by atoms with Gasteiger partial charge in [0.25, 0.3) is 20.2 Å². The predicted molar refractivity (Wildman–Crippen MR) is 68.1 cm³/mol. The van der Waals surface area contributed by atoms with Gasteiger partial charge < -0.3 is 0 Å². The van der Waals surface area contributed by atoms with E-state index in [1.807, 2.05) is 0 Å². The summed E-state index contributed by atoms with van der Waals surface area (Å²) in [4.78, 5) is 0. The second kappa shape index (κ2) is 11.6. The minimum atomic E-state index is -4.10. The molecule has 0 fully saturated rings. The van der Waals surface area contributed by atoms with Gasteiger partial charge in [-0.25, -0.2) is 0 Å². The van der Waals surface area contributed by atoms with Gasteiger partial charge in [-0.3, -0.25) is 9.11 Å². The Kier molecular flexibility index (Phi) is 19.8. The molecule has 0 rings (SSSR count). The summed E-state index contributed by atoms with van der Waals surface area (Å²) in [5.41, 5.74) is 0. The van der Waals surface area contributed by atoms with Crippen molar-refractivity contribution in [1.82, 2.24) is 0 Å². The van der Waals surface area contributed by atoms with E-state index in [-0.39, 0.29) is 102 Å². The van der Waals surface area contributed by atoms with Crippen LogP contribution in [-0.2, 0) is 20.2 Å². The molecule has 0 saturated carbocycles. The van der Waals surface area contributed by atoms with E-state index in [1.165, 1.54) is 6.92 Å². The summed E-state index contributed by atoms with van der Waals surface area (Å²) in [6, 6.07) is 0. The van der Waals surface area contributed by atoms with Crippen LogP contribution >= 0.6 is 0 Å². The summed E-state index contributed by atoms with van der Waals surface area (Å²) in [6.45, 7) is 1.26. The van der Waals surface area contributed by atoms with E-state index in [0.29, 0.717) is 0 Å². The number of hydrogen-bond acceptors (Lipinski definition) is 4. The molecule has 86 valence electrons. The first-order chi connectivity index (χ1) is 5.63. The van der Waals surface area contributed by atoms with Crippen LogP contribution in [-0.4, -0.2) is 126 Å². The van der Waals surface area contributed by atoms with Crippen molar-refractivity contribution in [2.45, 2.75) is 25.0 Å². The summed E-state index contributed by atoms with van der Waals surface area (Å²) in [5.74, 6) is -0.493. The Bertz CT molecular complexity index is 350. The van der Waals surface area contributed by atoms with Gasteiger partial charge in [-0.2, -0.15) is 16.8 Å². The number of rotatable bonds is 5. The molecule has 1 atom stereocenters. The number of hydrogen-bond donors (Lipinski definition) is 2.